The molecule has 0 saturated heterocycles. The van der Waals surface area contributed by atoms with Crippen LogP contribution >= 0.6 is 11.6 Å². The molecule has 1 aromatic carbocycles. The van der Waals surface area contributed by atoms with E-state index >= 15 is 0 Å². The van der Waals surface area contributed by atoms with Crippen LogP contribution in [0.2, 0.25) is 0 Å². The molecule has 0 saturated carbocycles. The number of halogens is 5. The van der Waals surface area contributed by atoms with Crippen molar-refractivity contribution in [3.05, 3.63) is 29.6 Å². The fourth-order valence-corrected chi connectivity index (χ4v) is 1.17. The average Bonchev–Trinajstić information content (AvgIpc) is 2.15. The molecular formula is C9H6ClF4NO. The van der Waals surface area contributed by atoms with Crippen LogP contribution in [0.5, 0.6) is 0 Å². The lowest BCUT2D eigenvalue weighted by atomic mass is 10.1. The van der Waals surface area contributed by atoms with E-state index in [4.69, 9.17) is 11.6 Å². The Kier molecular flexibility index (Phi) is 3.74. The van der Waals surface area contributed by atoms with E-state index < -0.39 is 35.0 Å². The van der Waals surface area contributed by atoms with Crippen LogP contribution in [-0.2, 0) is 11.0 Å². The van der Waals surface area contributed by atoms with Gasteiger partial charge in [0.15, 0.2) is 0 Å². The van der Waals surface area contributed by atoms with Crippen molar-refractivity contribution in [1.29, 1.82) is 0 Å². The van der Waals surface area contributed by atoms with E-state index in [0.717, 1.165) is 12.1 Å². The Bertz CT molecular complexity index is 405. The van der Waals surface area contributed by atoms with E-state index in [1.807, 2.05) is 5.32 Å². The number of amides is 1. The summed E-state index contributed by atoms with van der Waals surface area (Å²) in [6.07, 6.45) is -4.87. The number of hydrogen-bond donors (Lipinski definition) is 1. The Hall–Kier alpha value is -1.30. The van der Waals surface area contributed by atoms with E-state index in [-0.39, 0.29) is 0 Å². The second kappa shape index (κ2) is 4.69. The van der Waals surface area contributed by atoms with E-state index in [2.05, 4.69) is 0 Å². The van der Waals surface area contributed by atoms with Crippen LogP contribution in [0, 0.1) is 5.82 Å². The van der Waals surface area contributed by atoms with Gasteiger partial charge in [0.1, 0.15) is 17.3 Å². The second-order valence-corrected chi connectivity index (χ2v) is 3.11. The molecule has 0 spiro atoms. The first kappa shape index (κ1) is 12.8. The SMILES string of the molecule is O=C(CCl)Nc1cccc(F)c1C(F)(F)F. The van der Waals surface area contributed by atoms with Gasteiger partial charge in [-0.05, 0) is 12.1 Å². The lowest BCUT2D eigenvalue weighted by Crippen LogP contribution is -2.18. The Balaban J connectivity index is 3.18. The van der Waals surface area contributed by atoms with E-state index in [9.17, 15) is 22.4 Å². The predicted molar refractivity (Wildman–Crippen MR) is 50.8 cm³/mol. The third kappa shape index (κ3) is 2.85. The minimum Gasteiger partial charge on any atom is -0.324 e. The van der Waals surface area contributed by atoms with Gasteiger partial charge < -0.3 is 5.32 Å². The summed E-state index contributed by atoms with van der Waals surface area (Å²) in [6.45, 7) is 0. The second-order valence-electron chi connectivity index (χ2n) is 2.84. The first-order chi connectivity index (χ1) is 7.36. The number of nitrogens with one attached hydrogen (secondary N) is 1. The van der Waals surface area contributed by atoms with E-state index in [1.54, 1.807) is 0 Å². The predicted octanol–water partition coefficient (Wildman–Crippen LogP) is 3.02. The topological polar surface area (TPSA) is 29.1 Å². The highest BCUT2D eigenvalue weighted by Gasteiger charge is 2.37. The van der Waals surface area contributed by atoms with E-state index in [0.29, 0.717) is 6.07 Å². The fourth-order valence-electron chi connectivity index (χ4n) is 1.10. The van der Waals surface area contributed by atoms with Crippen LogP contribution in [0.4, 0.5) is 23.2 Å². The van der Waals surface area contributed by atoms with Crippen LogP contribution in [0.25, 0.3) is 0 Å². The zero-order valence-electron chi connectivity index (χ0n) is 7.74. The highest BCUT2D eigenvalue weighted by molar-refractivity contribution is 6.29. The summed E-state index contributed by atoms with van der Waals surface area (Å²) < 4.78 is 50.3. The van der Waals surface area contributed by atoms with Crippen molar-refractivity contribution in [3.63, 3.8) is 0 Å². The number of alkyl halides is 4. The molecule has 0 aromatic heterocycles. The molecule has 0 radical (unpaired) electrons. The fraction of sp³-hybridized carbons (Fsp3) is 0.222. The minimum atomic E-state index is -4.87. The quantitative estimate of drug-likeness (QED) is 0.639. The maximum absolute atomic E-state index is 13.0. The van der Waals surface area contributed by atoms with Crippen molar-refractivity contribution in [2.75, 3.05) is 11.2 Å². The Morgan fingerprint density at radius 3 is 2.50 bits per heavy atom. The van der Waals surface area contributed by atoms with Crippen molar-refractivity contribution in [3.8, 4) is 0 Å². The Labute approximate surface area is 93.2 Å². The van der Waals surface area contributed by atoms with Gasteiger partial charge in [-0.15, -0.1) is 11.6 Å². The molecule has 88 valence electrons. The van der Waals surface area contributed by atoms with Gasteiger partial charge in [-0.2, -0.15) is 13.2 Å². The highest BCUT2D eigenvalue weighted by Crippen LogP contribution is 2.36. The third-order valence-corrected chi connectivity index (χ3v) is 1.94. The number of anilines is 1. The van der Waals surface area contributed by atoms with E-state index in [1.165, 1.54) is 0 Å². The summed E-state index contributed by atoms with van der Waals surface area (Å²) in [6, 6.07) is 2.68. The maximum Gasteiger partial charge on any atom is 0.421 e. The van der Waals surface area contributed by atoms with Crippen LogP contribution in [-0.4, -0.2) is 11.8 Å². The normalized spacial score (nSPS) is 11.3. The van der Waals surface area contributed by atoms with Gasteiger partial charge in [0, 0.05) is 0 Å². The summed E-state index contributed by atoms with van der Waals surface area (Å²) in [7, 11) is 0. The standard InChI is InChI=1S/C9H6ClF4NO/c10-4-7(16)15-6-3-1-2-5(11)8(6)9(12,13)14/h1-3H,4H2,(H,15,16). The van der Waals surface area contributed by atoms with Crippen LogP contribution < -0.4 is 5.32 Å². The molecule has 0 atom stereocenters. The zero-order chi connectivity index (χ0) is 12.3. The number of carbonyl (C=O) groups is 1. The molecule has 0 heterocycles. The van der Waals surface area contributed by atoms with Gasteiger partial charge in [0.2, 0.25) is 5.91 Å². The smallest absolute Gasteiger partial charge is 0.324 e. The zero-order valence-corrected chi connectivity index (χ0v) is 8.49. The van der Waals surface area contributed by atoms with Gasteiger partial charge in [-0.1, -0.05) is 6.07 Å². The number of benzene rings is 1. The largest absolute Gasteiger partial charge is 0.421 e. The van der Waals surface area contributed by atoms with Crippen LogP contribution in [0.15, 0.2) is 18.2 Å². The third-order valence-electron chi connectivity index (χ3n) is 1.69. The van der Waals surface area contributed by atoms with Crippen molar-refractivity contribution in [1.82, 2.24) is 0 Å². The molecule has 1 N–H and O–H groups in total. The van der Waals surface area contributed by atoms with Gasteiger partial charge in [0.25, 0.3) is 0 Å². The lowest BCUT2D eigenvalue weighted by Gasteiger charge is -2.13. The molecule has 2 nitrogen and oxygen atoms in total. The van der Waals surface area contributed by atoms with Gasteiger partial charge in [0.05, 0.1) is 5.69 Å². The summed E-state index contributed by atoms with van der Waals surface area (Å²) in [5.74, 6) is -2.79. The molecule has 0 bridgehead atoms. The van der Waals surface area contributed by atoms with Crippen molar-refractivity contribution < 1.29 is 22.4 Å². The number of hydrogen-bond acceptors (Lipinski definition) is 1. The first-order valence-corrected chi connectivity index (χ1v) is 4.61. The molecule has 1 aromatic rings. The monoisotopic (exact) mass is 255 g/mol. The average molecular weight is 256 g/mol. The molecule has 1 amide bonds. The summed E-state index contributed by atoms with van der Waals surface area (Å²) in [4.78, 5) is 10.8. The summed E-state index contributed by atoms with van der Waals surface area (Å²) in [5, 5.41) is 1.88. The molecular weight excluding hydrogens is 250 g/mol. The minimum absolute atomic E-state index is 0.506. The van der Waals surface area contributed by atoms with Crippen LogP contribution in [0.3, 0.4) is 0 Å². The Morgan fingerprint density at radius 1 is 1.38 bits per heavy atom. The number of rotatable bonds is 2. The molecule has 7 heteroatoms. The molecule has 0 fully saturated rings. The molecule has 0 aliphatic carbocycles. The first-order valence-electron chi connectivity index (χ1n) is 4.07. The van der Waals surface area contributed by atoms with Crippen LogP contribution in [0.1, 0.15) is 5.56 Å². The molecule has 0 aliphatic heterocycles. The molecule has 0 aliphatic rings. The number of carbonyl (C=O) groups excluding carboxylic acids is 1. The van der Waals surface area contributed by atoms with Gasteiger partial charge in [-0.3, -0.25) is 4.79 Å². The maximum atomic E-state index is 13.0. The summed E-state index contributed by atoms with van der Waals surface area (Å²) in [5.41, 5.74) is -2.15. The van der Waals surface area contributed by atoms with Gasteiger partial charge >= 0.3 is 6.18 Å². The molecule has 0 unspecified atom stereocenters. The lowest BCUT2D eigenvalue weighted by molar-refractivity contribution is -0.139. The Morgan fingerprint density at radius 2 is 2.00 bits per heavy atom. The van der Waals surface area contributed by atoms with Crippen molar-refractivity contribution in [2.45, 2.75) is 6.18 Å². The molecule has 16 heavy (non-hydrogen) atoms. The summed E-state index contributed by atoms with van der Waals surface area (Å²) >= 11 is 5.12. The highest BCUT2D eigenvalue weighted by atomic mass is 35.5. The van der Waals surface area contributed by atoms with Crippen molar-refractivity contribution >= 4 is 23.2 Å². The van der Waals surface area contributed by atoms with Gasteiger partial charge in [-0.25, -0.2) is 4.39 Å². The van der Waals surface area contributed by atoms with Crippen molar-refractivity contribution in [2.24, 2.45) is 0 Å². The molecule has 1 rings (SSSR count).